The second-order valence-corrected chi connectivity index (χ2v) is 5.05. The first-order valence-electron chi connectivity index (χ1n) is 6.32. The molecule has 2 rings (SSSR count). The van der Waals surface area contributed by atoms with Gasteiger partial charge in [-0.2, -0.15) is 0 Å². The van der Waals surface area contributed by atoms with Crippen molar-refractivity contribution in [2.75, 3.05) is 6.54 Å². The van der Waals surface area contributed by atoms with Gasteiger partial charge in [-0.3, -0.25) is 4.79 Å². The number of hydrogen-bond donors (Lipinski definition) is 2. The summed E-state index contributed by atoms with van der Waals surface area (Å²) in [4.78, 5) is 22.4. The van der Waals surface area contributed by atoms with Crippen LogP contribution in [0.4, 0.5) is 4.39 Å². The summed E-state index contributed by atoms with van der Waals surface area (Å²) in [5.41, 5.74) is 0. The second kappa shape index (κ2) is 5.58. The van der Waals surface area contributed by atoms with E-state index in [9.17, 15) is 14.0 Å². The molecule has 0 aromatic heterocycles. The van der Waals surface area contributed by atoms with Crippen molar-refractivity contribution < 1.29 is 14.0 Å². The number of carbonyl (C=O) groups excluding carboxylic acids is 2. The SMILES string of the molecule is O=C[C@H]1CC[C@H](NC(=O)[C@@H]2C[C@H](F)CN2)CC1. The smallest absolute Gasteiger partial charge is 0.237 e. The monoisotopic (exact) mass is 242 g/mol. The summed E-state index contributed by atoms with van der Waals surface area (Å²) in [6.07, 6.45) is 3.76. The Labute approximate surface area is 100 Å². The van der Waals surface area contributed by atoms with Crippen LogP contribution in [0.15, 0.2) is 0 Å². The van der Waals surface area contributed by atoms with Crippen LogP contribution in [0.2, 0.25) is 0 Å². The van der Waals surface area contributed by atoms with Crippen molar-refractivity contribution in [1.82, 2.24) is 10.6 Å². The lowest BCUT2D eigenvalue weighted by molar-refractivity contribution is -0.123. The average molecular weight is 242 g/mol. The van der Waals surface area contributed by atoms with Gasteiger partial charge in [0.1, 0.15) is 12.5 Å². The fourth-order valence-electron chi connectivity index (χ4n) is 2.59. The minimum atomic E-state index is -0.906. The van der Waals surface area contributed by atoms with Crippen molar-refractivity contribution in [1.29, 1.82) is 0 Å². The Kier molecular flexibility index (Phi) is 4.10. The zero-order valence-electron chi connectivity index (χ0n) is 9.82. The maximum absolute atomic E-state index is 12.9. The van der Waals surface area contributed by atoms with Crippen molar-refractivity contribution in [2.45, 2.75) is 50.4 Å². The Hall–Kier alpha value is -0.970. The molecule has 5 heteroatoms. The molecule has 96 valence electrons. The third-order valence-corrected chi connectivity index (χ3v) is 3.70. The Morgan fingerprint density at radius 3 is 2.53 bits per heavy atom. The highest BCUT2D eigenvalue weighted by Crippen LogP contribution is 2.22. The Balaban J connectivity index is 1.74. The van der Waals surface area contributed by atoms with Crippen molar-refractivity contribution in [3.63, 3.8) is 0 Å². The molecule has 1 saturated carbocycles. The van der Waals surface area contributed by atoms with E-state index in [0.29, 0.717) is 0 Å². The lowest BCUT2D eigenvalue weighted by Gasteiger charge is -2.27. The van der Waals surface area contributed by atoms with Gasteiger partial charge in [0.25, 0.3) is 0 Å². The van der Waals surface area contributed by atoms with E-state index in [4.69, 9.17) is 0 Å². The summed E-state index contributed by atoms with van der Waals surface area (Å²) < 4.78 is 12.9. The Morgan fingerprint density at radius 2 is 2.00 bits per heavy atom. The molecule has 2 aliphatic rings. The molecule has 1 heterocycles. The van der Waals surface area contributed by atoms with Gasteiger partial charge in [-0.05, 0) is 25.7 Å². The minimum Gasteiger partial charge on any atom is -0.352 e. The van der Waals surface area contributed by atoms with Crippen LogP contribution < -0.4 is 10.6 Å². The Bertz CT molecular complexity index is 290. The van der Waals surface area contributed by atoms with E-state index in [1.165, 1.54) is 0 Å². The molecule has 17 heavy (non-hydrogen) atoms. The molecule has 0 spiro atoms. The van der Waals surface area contributed by atoms with Gasteiger partial charge in [0, 0.05) is 24.9 Å². The van der Waals surface area contributed by atoms with E-state index < -0.39 is 6.17 Å². The first-order valence-corrected chi connectivity index (χ1v) is 6.32. The van der Waals surface area contributed by atoms with Crippen molar-refractivity contribution >= 4 is 12.2 Å². The van der Waals surface area contributed by atoms with Gasteiger partial charge in [-0.15, -0.1) is 0 Å². The maximum Gasteiger partial charge on any atom is 0.237 e. The van der Waals surface area contributed by atoms with Gasteiger partial charge in [0.15, 0.2) is 0 Å². The summed E-state index contributed by atoms with van der Waals surface area (Å²) in [6.45, 7) is 0.274. The molecule has 1 aliphatic carbocycles. The summed E-state index contributed by atoms with van der Waals surface area (Å²) in [6, 6.07) is -0.229. The van der Waals surface area contributed by atoms with E-state index in [2.05, 4.69) is 10.6 Å². The number of carbonyl (C=O) groups is 2. The molecule has 1 aliphatic heterocycles. The van der Waals surface area contributed by atoms with Gasteiger partial charge in [0.05, 0.1) is 6.04 Å². The van der Waals surface area contributed by atoms with Crippen LogP contribution in [0.25, 0.3) is 0 Å². The fourth-order valence-corrected chi connectivity index (χ4v) is 2.59. The third-order valence-electron chi connectivity index (χ3n) is 3.70. The lowest BCUT2D eigenvalue weighted by Crippen LogP contribution is -2.46. The zero-order valence-corrected chi connectivity index (χ0v) is 9.82. The standard InChI is InChI=1S/C12H19FN2O2/c13-9-5-11(14-6-9)12(17)15-10-3-1-8(7-16)2-4-10/h7-11,14H,1-6H2,(H,15,17)/t8-,9-,10-,11-/m0/s1. The highest BCUT2D eigenvalue weighted by Gasteiger charge is 2.31. The van der Waals surface area contributed by atoms with Crippen molar-refractivity contribution in [3.05, 3.63) is 0 Å². The van der Waals surface area contributed by atoms with Gasteiger partial charge in [-0.1, -0.05) is 0 Å². The van der Waals surface area contributed by atoms with E-state index >= 15 is 0 Å². The maximum atomic E-state index is 12.9. The normalized spacial score (nSPS) is 37.7. The minimum absolute atomic E-state index is 0.0975. The van der Waals surface area contributed by atoms with Crippen LogP contribution in [-0.4, -0.2) is 37.0 Å². The van der Waals surface area contributed by atoms with Crippen molar-refractivity contribution in [3.8, 4) is 0 Å². The number of halogens is 1. The van der Waals surface area contributed by atoms with E-state index in [-0.39, 0.29) is 36.9 Å². The predicted molar refractivity (Wildman–Crippen MR) is 61.3 cm³/mol. The highest BCUT2D eigenvalue weighted by atomic mass is 19.1. The first-order chi connectivity index (χ1) is 8.19. The molecule has 0 bridgehead atoms. The average Bonchev–Trinajstić information content (AvgIpc) is 2.77. The number of amides is 1. The molecule has 0 unspecified atom stereocenters. The lowest BCUT2D eigenvalue weighted by atomic mass is 9.87. The quantitative estimate of drug-likeness (QED) is 0.711. The molecule has 2 N–H and O–H groups in total. The zero-order chi connectivity index (χ0) is 12.3. The van der Waals surface area contributed by atoms with E-state index in [1.54, 1.807) is 0 Å². The molecule has 2 atom stereocenters. The predicted octanol–water partition coefficient (Wildman–Crippen LogP) is 0.560. The molecule has 0 radical (unpaired) electrons. The number of aldehydes is 1. The van der Waals surface area contributed by atoms with Gasteiger partial charge in [-0.25, -0.2) is 4.39 Å². The van der Waals surface area contributed by atoms with Crippen LogP contribution in [0.1, 0.15) is 32.1 Å². The van der Waals surface area contributed by atoms with E-state index in [0.717, 1.165) is 32.0 Å². The molecular formula is C12H19FN2O2. The number of alkyl halides is 1. The van der Waals surface area contributed by atoms with Gasteiger partial charge < -0.3 is 15.4 Å². The number of rotatable bonds is 3. The third kappa shape index (κ3) is 3.25. The van der Waals surface area contributed by atoms with Gasteiger partial charge in [0.2, 0.25) is 5.91 Å². The molecule has 0 aromatic rings. The summed E-state index contributed by atoms with van der Waals surface area (Å²) in [5, 5.41) is 5.81. The fraction of sp³-hybridized carbons (Fsp3) is 0.833. The largest absolute Gasteiger partial charge is 0.352 e. The van der Waals surface area contributed by atoms with Crippen LogP contribution >= 0.6 is 0 Å². The molecule has 1 saturated heterocycles. The molecular weight excluding hydrogens is 223 g/mol. The molecule has 2 fully saturated rings. The van der Waals surface area contributed by atoms with Crippen LogP contribution in [-0.2, 0) is 9.59 Å². The Morgan fingerprint density at radius 1 is 1.29 bits per heavy atom. The molecule has 4 nitrogen and oxygen atoms in total. The summed E-state index contributed by atoms with van der Waals surface area (Å²) >= 11 is 0. The second-order valence-electron chi connectivity index (χ2n) is 5.05. The van der Waals surface area contributed by atoms with Crippen molar-refractivity contribution in [2.24, 2.45) is 5.92 Å². The van der Waals surface area contributed by atoms with Crippen LogP contribution in [0.5, 0.6) is 0 Å². The van der Waals surface area contributed by atoms with Gasteiger partial charge >= 0.3 is 0 Å². The molecule has 0 aromatic carbocycles. The number of hydrogen-bond acceptors (Lipinski definition) is 3. The summed E-state index contributed by atoms with van der Waals surface area (Å²) in [5.74, 6) is 0.0580. The van der Waals surface area contributed by atoms with Crippen LogP contribution in [0, 0.1) is 5.92 Å². The number of nitrogens with one attached hydrogen (secondary N) is 2. The highest BCUT2D eigenvalue weighted by molar-refractivity contribution is 5.82. The van der Waals surface area contributed by atoms with E-state index in [1.807, 2.05) is 0 Å². The topological polar surface area (TPSA) is 58.2 Å². The summed E-state index contributed by atoms with van der Waals surface area (Å²) in [7, 11) is 0. The molecule has 1 amide bonds. The first kappa shape index (κ1) is 12.5. The van der Waals surface area contributed by atoms with Crippen LogP contribution in [0.3, 0.4) is 0 Å².